The number of halogens is 1. The summed E-state index contributed by atoms with van der Waals surface area (Å²) < 4.78 is 0. The molecule has 0 rings (SSSR count). The molecule has 0 aliphatic carbocycles. The first kappa shape index (κ1) is 42.0. The molecule has 0 fully saturated rings. The van der Waals surface area contributed by atoms with E-state index in [0.29, 0.717) is 12.8 Å². The van der Waals surface area contributed by atoms with Gasteiger partial charge in [0, 0.05) is 18.7 Å². The predicted octanol–water partition coefficient (Wildman–Crippen LogP) is 10.8. The lowest BCUT2D eigenvalue weighted by molar-refractivity contribution is -0.201. The Morgan fingerprint density at radius 1 is 0.545 bits per heavy atom. The van der Waals surface area contributed by atoms with Gasteiger partial charge in [-0.3, -0.25) is 9.59 Å². The monoisotopic (exact) mass is 630 g/mol. The molecular formula is C39H63ClO4. The van der Waals surface area contributed by atoms with Gasteiger partial charge in [0.1, 0.15) is 5.78 Å². The van der Waals surface area contributed by atoms with Crippen LogP contribution in [0.3, 0.4) is 0 Å². The number of Topliss-reactive ketones (excluding diaryl/α,β-unsaturated/α-hetero) is 2. The van der Waals surface area contributed by atoms with E-state index in [1.54, 1.807) is 0 Å². The molecule has 0 bridgehead atoms. The Morgan fingerprint density at radius 3 is 1.34 bits per heavy atom. The standard InChI is InChI=1S/C39H63ClO4/c1-3-5-7-9-11-13-15-17-19-21-23-25-27-29-31-33-37(41)36(35-40)39(43,44)38(42)34-32-30-28-26-24-22-20-18-16-14-12-10-8-6-4-2/h5-8,11-14,17-20,36,43-44H,3-4,9-10,15-16,21-35H2,1-2H3/b7-5+,8-6+,13-11+,14-12+,19-17+,20-18+. The van der Waals surface area contributed by atoms with Crippen LogP contribution in [0.5, 0.6) is 0 Å². The molecule has 0 aliphatic heterocycles. The topological polar surface area (TPSA) is 74.6 Å². The van der Waals surface area contributed by atoms with E-state index >= 15 is 0 Å². The van der Waals surface area contributed by atoms with E-state index in [2.05, 4.69) is 86.8 Å². The largest absolute Gasteiger partial charge is 0.359 e. The van der Waals surface area contributed by atoms with Crippen LogP contribution in [0.1, 0.15) is 142 Å². The molecule has 250 valence electrons. The maximum atomic E-state index is 12.7. The first-order valence-electron chi connectivity index (χ1n) is 17.4. The second-order valence-corrected chi connectivity index (χ2v) is 11.8. The van der Waals surface area contributed by atoms with Gasteiger partial charge in [-0.25, -0.2) is 0 Å². The van der Waals surface area contributed by atoms with E-state index in [9.17, 15) is 19.8 Å². The number of hydrogen-bond donors (Lipinski definition) is 2. The van der Waals surface area contributed by atoms with Crippen molar-refractivity contribution in [3.63, 3.8) is 0 Å². The molecule has 1 unspecified atom stereocenters. The Hall–Kier alpha value is -2.01. The van der Waals surface area contributed by atoms with E-state index in [1.165, 1.54) is 0 Å². The Labute approximate surface area is 275 Å². The van der Waals surface area contributed by atoms with Crippen molar-refractivity contribution in [3.8, 4) is 0 Å². The molecule has 0 amide bonds. The third-order valence-electron chi connectivity index (χ3n) is 7.57. The maximum absolute atomic E-state index is 12.7. The minimum Gasteiger partial charge on any atom is -0.359 e. The molecule has 0 aromatic rings. The van der Waals surface area contributed by atoms with Crippen LogP contribution >= 0.6 is 11.6 Å². The van der Waals surface area contributed by atoms with Gasteiger partial charge in [-0.1, -0.05) is 125 Å². The zero-order chi connectivity index (χ0) is 32.6. The highest BCUT2D eigenvalue weighted by molar-refractivity contribution is 6.20. The van der Waals surface area contributed by atoms with Crippen molar-refractivity contribution in [2.24, 2.45) is 5.92 Å². The zero-order valence-electron chi connectivity index (χ0n) is 27.9. The van der Waals surface area contributed by atoms with Crippen molar-refractivity contribution in [1.82, 2.24) is 0 Å². The van der Waals surface area contributed by atoms with Gasteiger partial charge in [0.2, 0.25) is 5.79 Å². The summed E-state index contributed by atoms with van der Waals surface area (Å²) in [4.78, 5) is 25.3. The van der Waals surface area contributed by atoms with Crippen LogP contribution in [0.15, 0.2) is 72.9 Å². The van der Waals surface area contributed by atoms with Crippen molar-refractivity contribution in [1.29, 1.82) is 0 Å². The van der Waals surface area contributed by atoms with Gasteiger partial charge in [0.25, 0.3) is 0 Å². The first-order chi connectivity index (χ1) is 21.4. The fourth-order valence-corrected chi connectivity index (χ4v) is 5.18. The van der Waals surface area contributed by atoms with Gasteiger partial charge < -0.3 is 10.2 Å². The molecular weight excluding hydrogens is 568 g/mol. The molecule has 0 aromatic heterocycles. The second kappa shape index (κ2) is 31.0. The minimum atomic E-state index is -2.68. The molecule has 0 spiro atoms. The smallest absolute Gasteiger partial charge is 0.235 e. The summed E-state index contributed by atoms with van der Waals surface area (Å²) in [5.41, 5.74) is 0. The van der Waals surface area contributed by atoms with E-state index in [4.69, 9.17) is 11.6 Å². The number of ketones is 2. The third kappa shape index (κ3) is 24.3. The average Bonchev–Trinajstić information content (AvgIpc) is 3.01. The molecule has 5 heteroatoms. The third-order valence-corrected chi connectivity index (χ3v) is 7.88. The first-order valence-corrected chi connectivity index (χ1v) is 17.9. The van der Waals surface area contributed by atoms with Gasteiger partial charge >= 0.3 is 0 Å². The van der Waals surface area contributed by atoms with Crippen molar-refractivity contribution in [3.05, 3.63) is 72.9 Å². The predicted molar refractivity (Wildman–Crippen MR) is 190 cm³/mol. The van der Waals surface area contributed by atoms with E-state index in [-0.39, 0.29) is 24.5 Å². The molecule has 4 nitrogen and oxygen atoms in total. The lowest BCUT2D eigenvalue weighted by atomic mass is 9.87. The number of allylic oxidation sites excluding steroid dienone is 12. The average molecular weight is 631 g/mol. The zero-order valence-corrected chi connectivity index (χ0v) is 28.7. The molecule has 1 atom stereocenters. The highest BCUT2D eigenvalue weighted by Crippen LogP contribution is 2.24. The number of carbonyl (C=O) groups is 2. The summed E-state index contributed by atoms with van der Waals surface area (Å²) >= 11 is 5.94. The van der Waals surface area contributed by atoms with Crippen LogP contribution in [0, 0.1) is 5.92 Å². The fraction of sp³-hybridized carbons (Fsp3) is 0.641. The van der Waals surface area contributed by atoms with Crippen LogP contribution in [-0.2, 0) is 9.59 Å². The van der Waals surface area contributed by atoms with Crippen molar-refractivity contribution in [2.75, 3.05) is 5.88 Å². The van der Waals surface area contributed by atoms with E-state index in [1.807, 2.05) is 0 Å². The number of alkyl halides is 1. The molecule has 0 aliphatic rings. The Kier molecular flexibility index (Phi) is 29.6. The van der Waals surface area contributed by atoms with Crippen LogP contribution in [0.25, 0.3) is 0 Å². The van der Waals surface area contributed by atoms with Crippen LogP contribution in [0.2, 0.25) is 0 Å². The van der Waals surface area contributed by atoms with E-state index in [0.717, 1.165) is 103 Å². The lowest BCUT2D eigenvalue weighted by Gasteiger charge is -2.27. The normalized spacial score (nSPS) is 13.7. The minimum absolute atomic E-state index is 0.0500. The van der Waals surface area contributed by atoms with E-state index < -0.39 is 17.5 Å². The molecule has 0 radical (unpaired) electrons. The molecule has 0 heterocycles. The Balaban J connectivity index is 4.00. The van der Waals surface area contributed by atoms with Crippen LogP contribution in [-0.4, -0.2) is 33.4 Å². The molecule has 0 saturated carbocycles. The van der Waals surface area contributed by atoms with Crippen molar-refractivity contribution in [2.45, 2.75) is 148 Å². The summed E-state index contributed by atoms with van der Waals surface area (Å²) in [7, 11) is 0. The Bertz CT molecular complexity index is 879. The highest BCUT2D eigenvalue weighted by Gasteiger charge is 2.44. The SMILES string of the molecule is CC/C=C/C/C=C/C/C=C/CCCCCCCC(=O)C(CCl)C(O)(O)C(=O)CCCCCCC/C=C/C/C=C/C/C=C/CC. The summed E-state index contributed by atoms with van der Waals surface area (Å²) in [6.45, 7) is 4.28. The summed E-state index contributed by atoms with van der Waals surface area (Å²) in [6, 6.07) is 0. The quantitative estimate of drug-likeness (QED) is 0.0358. The number of hydrogen-bond acceptors (Lipinski definition) is 4. The molecule has 0 aromatic carbocycles. The summed E-state index contributed by atoms with van der Waals surface area (Å²) in [6.07, 6.45) is 44.3. The van der Waals surface area contributed by atoms with Gasteiger partial charge in [-0.15, -0.1) is 11.6 Å². The number of carbonyl (C=O) groups excluding carboxylic acids is 2. The lowest BCUT2D eigenvalue weighted by Crippen LogP contribution is -2.50. The van der Waals surface area contributed by atoms with Crippen molar-refractivity contribution < 1.29 is 19.8 Å². The second-order valence-electron chi connectivity index (χ2n) is 11.5. The molecule has 2 N–H and O–H groups in total. The number of unbranched alkanes of at least 4 members (excludes halogenated alkanes) is 10. The van der Waals surface area contributed by atoms with Crippen LogP contribution < -0.4 is 0 Å². The Morgan fingerprint density at radius 2 is 0.909 bits per heavy atom. The number of rotatable bonds is 30. The highest BCUT2D eigenvalue weighted by atomic mass is 35.5. The maximum Gasteiger partial charge on any atom is 0.235 e. The number of aliphatic hydroxyl groups is 2. The molecule has 44 heavy (non-hydrogen) atoms. The molecule has 0 saturated heterocycles. The van der Waals surface area contributed by atoms with Gasteiger partial charge in [0.05, 0.1) is 5.92 Å². The summed E-state index contributed by atoms with van der Waals surface area (Å²) in [5.74, 6) is -5.26. The fourth-order valence-electron chi connectivity index (χ4n) is 4.79. The van der Waals surface area contributed by atoms with Crippen LogP contribution in [0.4, 0.5) is 0 Å². The summed E-state index contributed by atoms with van der Waals surface area (Å²) in [5, 5.41) is 21.1. The van der Waals surface area contributed by atoms with Crippen molar-refractivity contribution >= 4 is 23.2 Å². The van der Waals surface area contributed by atoms with Gasteiger partial charge in [-0.05, 0) is 77.0 Å². The van der Waals surface area contributed by atoms with Gasteiger partial charge in [0.15, 0.2) is 5.78 Å². The van der Waals surface area contributed by atoms with Gasteiger partial charge in [-0.2, -0.15) is 0 Å².